The van der Waals surface area contributed by atoms with Crippen LogP contribution in [0, 0.1) is 11.6 Å². The first-order valence-electron chi connectivity index (χ1n) is 6.59. The number of nitrogens with one attached hydrogen (secondary N) is 2. The normalized spacial score (nSPS) is 10.5. The SMILES string of the molecule is O=C(CNNCC(=O)c1ccc(F)cc1)c1ccc(F)cc1. The molecule has 0 atom stereocenters. The number of hydrazine groups is 1. The van der Waals surface area contributed by atoms with E-state index in [4.69, 9.17) is 0 Å². The lowest BCUT2D eigenvalue weighted by Gasteiger charge is -2.06. The molecule has 0 radical (unpaired) electrons. The topological polar surface area (TPSA) is 58.2 Å². The predicted octanol–water partition coefficient (Wildman–Crippen LogP) is 2.12. The summed E-state index contributed by atoms with van der Waals surface area (Å²) in [6.07, 6.45) is 0. The minimum atomic E-state index is -0.410. The van der Waals surface area contributed by atoms with Crippen molar-refractivity contribution < 1.29 is 18.4 Å². The molecule has 2 N–H and O–H groups in total. The number of carbonyl (C=O) groups is 2. The zero-order valence-corrected chi connectivity index (χ0v) is 11.6. The summed E-state index contributed by atoms with van der Waals surface area (Å²) in [5, 5.41) is 0. The zero-order chi connectivity index (χ0) is 15.9. The maximum Gasteiger partial charge on any atom is 0.177 e. The third kappa shape index (κ3) is 4.54. The second-order valence-electron chi connectivity index (χ2n) is 4.57. The Kier molecular flexibility index (Phi) is 5.46. The summed E-state index contributed by atoms with van der Waals surface area (Å²) < 4.78 is 25.5. The van der Waals surface area contributed by atoms with E-state index in [-0.39, 0.29) is 24.7 Å². The summed E-state index contributed by atoms with van der Waals surface area (Å²) >= 11 is 0. The molecule has 4 nitrogen and oxygen atoms in total. The number of hydrogen-bond donors (Lipinski definition) is 2. The van der Waals surface area contributed by atoms with Gasteiger partial charge in [-0.05, 0) is 48.5 Å². The highest BCUT2D eigenvalue weighted by atomic mass is 19.1. The molecule has 22 heavy (non-hydrogen) atoms. The van der Waals surface area contributed by atoms with Gasteiger partial charge >= 0.3 is 0 Å². The second kappa shape index (κ2) is 7.53. The molecule has 0 spiro atoms. The standard InChI is InChI=1S/C16H14F2N2O2/c17-13-5-1-11(2-6-13)15(21)9-19-20-10-16(22)12-3-7-14(18)8-4-12/h1-8,19-20H,9-10H2. The fourth-order valence-corrected chi connectivity index (χ4v) is 1.76. The Bertz CT molecular complexity index is 595. The van der Waals surface area contributed by atoms with Gasteiger partial charge in [0.2, 0.25) is 0 Å². The van der Waals surface area contributed by atoms with Gasteiger partial charge in [0.15, 0.2) is 11.6 Å². The van der Waals surface area contributed by atoms with Gasteiger partial charge in [0.1, 0.15) is 11.6 Å². The summed E-state index contributed by atoms with van der Waals surface area (Å²) in [5.41, 5.74) is 6.00. The molecule has 0 bridgehead atoms. The molecule has 2 rings (SSSR count). The van der Waals surface area contributed by atoms with E-state index in [0.29, 0.717) is 11.1 Å². The van der Waals surface area contributed by atoms with Gasteiger partial charge in [-0.15, -0.1) is 0 Å². The van der Waals surface area contributed by atoms with E-state index >= 15 is 0 Å². The highest BCUT2D eigenvalue weighted by Crippen LogP contribution is 2.04. The molecule has 6 heteroatoms. The molecule has 2 aromatic carbocycles. The van der Waals surface area contributed by atoms with Crippen LogP contribution < -0.4 is 10.9 Å². The fourth-order valence-electron chi connectivity index (χ4n) is 1.76. The van der Waals surface area contributed by atoms with Crippen LogP contribution in [-0.4, -0.2) is 24.7 Å². The molecule has 0 aliphatic carbocycles. The van der Waals surface area contributed by atoms with Crippen LogP contribution in [0.1, 0.15) is 20.7 Å². The largest absolute Gasteiger partial charge is 0.293 e. The lowest BCUT2D eigenvalue weighted by atomic mass is 10.1. The maximum atomic E-state index is 12.7. The summed E-state index contributed by atoms with van der Waals surface area (Å²) in [7, 11) is 0. The Morgan fingerprint density at radius 2 is 1.00 bits per heavy atom. The first-order chi connectivity index (χ1) is 10.6. The van der Waals surface area contributed by atoms with Gasteiger partial charge < -0.3 is 0 Å². The zero-order valence-electron chi connectivity index (χ0n) is 11.6. The van der Waals surface area contributed by atoms with Gasteiger partial charge in [-0.25, -0.2) is 19.6 Å². The van der Waals surface area contributed by atoms with Crippen LogP contribution in [0.2, 0.25) is 0 Å². The number of rotatable bonds is 7. The van der Waals surface area contributed by atoms with Crippen LogP contribution in [0.25, 0.3) is 0 Å². The average Bonchev–Trinajstić information content (AvgIpc) is 2.52. The minimum absolute atomic E-state index is 0.0394. The number of halogens is 2. The van der Waals surface area contributed by atoms with Gasteiger partial charge in [-0.1, -0.05) is 0 Å². The molecule has 0 aliphatic heterocycles. The van der Waals surface area contributed by atoms with E-state index in [0.717, 1.165) is 0 Å². The van der Waals surface area contributed by atoms with Crippen molar-refractivity contribution in [1.82, 2.24) is 10.9 Å². The summed E-state index contributed by atoms with van der Waals surface area (Å²) in [5.74, 6) is -1.29. The Labute approximate surface area is 126 Å². The molecular weight excluding hydrogens is 290 g/mol. The first-order valence-corrected chi connectivity index (χ1v) is 6.59. The van der Waals surface area contributed by atoms with Crippen LogP contribution in [0.5, 0.6) is 0 Å². The van der Waals surface area contributed by atoms with Gasteiger partial charge in [0.05, 0.1) is 13.1 Å². The van der Waals surface area contributed by atoms with Crippen molar-refractivity contribution in [3.05, 3.63) is 71.3 Å². The van der Waals surface area contributed by atoms with Crippen molar-refractivity contribution >= 4 is 11.6 Å². The fraction of sp³-hybridized carbons (Fsp3) is 0.125. The lowest BCUT2D eigenvalue weighted by molar-refractivity contribution is 0.0958. The van der Waals surface area contributed by atoms with Crippen molar-refractivity contribution in [3.8, 4) is 0 Å². The summed E-state index contributed by atoms with van der Waals surface area (Å²) in [4.78, 5) is 23.5. The third-order valence-corrected chi connectivity index (χ3v) is 2.96. The second-order valence-corrected chi connectivity index (χ2v) is 4.57. The molecule has 114 valence electrons. The van der Waals surface area contributed by atoms with Gasteiger partial charge in [-0.3, -0.25) is 9.59 Å². The van der Waals surface area contributed by atoms with Crippen molar-refractivity contribution in [3.63, 3.8) is 0 Å². The number of benzene rings is 2. The van der Waals surface area contributed by atoms with Crippen LogP contribution in [0.3, 0.4) is 0 Å². The molecule has 0 heterocycles. The minimum Gasteiger partial charge on any atom is -0.293 e. The molecule has 0 saturated heterocycles. The van der Waals surface area contributed by atoms with Crippen LogP contribution >= 0.6 is 0 Å². The Morgan fingerprint density at radius 3 is 1.32 bits per heavy atom. The number of hydrogen-bond acceptors (Lipinski definition) is 4. The third-order valence-electron chi connectivity index (χ3n) is 2.96. The van der Waals surface area contributed by atoms with E-state index in [1.54, 1.807) is 0 Å². The molecule has 0 unspecified atom stereocenters. The molecule has 2 aromatic rings. The number of carbonyl (C=O) groups excluding carboxylic acids is 2. The molecule has 0 saturated carbocycles. The van der Waals surface area contributed by atoms with Crippen molar-refractivity contribution in [2.45, 2.75) is 0 Å². The summed E-state index contributed by atoms with van der Waals surface area (Å²) in [6, 6.07) is 10.4. The molecule has 0 fully saturated rings. The first kappa shape index (κ1) is 15.9. The molecular formula is C16H14F2N2O2. The van der Waals surface area contributed by atoms with Crippen molar-refractivity contribution in [1.29, 1.82) is 0 Å². The maximum absolute atomic E-state index is 12.7. The monoisotopic (exact) mass is 304 g/mol. The molecule has 0 amide bonds. The van der Waals surface area contributed by atoms with E-state index in [2.05, 4.69) is 10.9 Å². The highest BCUT2D eigenvalue weighted by molar-refractivity contribution is 5.98. The molecule has 0 aliphatic rings. The lowest BCUT2D eigenvalue weighted by Crippen LogP contribution is -2.39. The van der Waals surface area contributed by atoms with Gasteiger partial charge in [0, 0.05) is 11.1 Å². The highest BCUT2D eigenvalue weighted by Gasteiger charge is 2.07. The number of ketones is 2. The quantitative estimate of drug-likeness (QED) is 0.467. The Balaban J connectivity index is 1.74. The smallest absolute Gasteiger partial charge is 0.177 e. The van der Waals surface area contributed by atoms with Crippen LogP contribution in [-0.2, 0) is 0 Å². The predicted molar refractivity (Wildman–Crippen MR) is 77.5 cm³/mol. The molecule has 0 aromatic heterocycles. The van der Waals surface area contributed by atoms with E-state index in [9.17, 15) is 18.4 Å². The van der Waals surface area contributed by atoms with Crippen LogP contribution in [0.4, 0.5) is 8.78 Å². The van der Waals surface area contributed by atoms with Crippen LogP contribution in [0.15, 0.2) is 48.5 Å². The van der Waals surface area contributed by atoms with Crippen molar-refractivity contribution in [2.24, 2.45) is 0 Å². The van der Waals surface area contributed by atoms with E-state index in [1.165, 1.54) is 48.5 Å². The van der Waals surface area contributed by atoms with E-state index < -0.39 is 11.6 Å². The summed E-state index contributed by atoms with van der Waals surface area (Å²) in [6.45, 7) is -0.0787. The van der Waals surface area contributed by atoms with E-state index in [1.807, 2.05) is 0 Å². The Morgan fingerprint density at radius 1 is 0.682 bits per heavy atom. The average molecular weight is 304 g/mol. The van der Waals surface area contributed by atoms with Crippen molar-refractivity contribution in [2.75, 3.05) is 13.1 Å². The Hall–Kier alpha value is -2.44. The van der Waals surface area contributed by atoms with Gasteiger partial charge in [0.25, 0.3) is 0 Å². The van der Waals surface area contributed by atoms with Gasteiger partial charge in [-0.2, -0.15) is 0 Å². The number of Topliss-reactive ketones (excluding diaryl/α,β-unsaturated/α-hetero) is 2.